The maximum Gasteiger partial charge on any atom is 0.339 e. The van der Waals surface area contributed by atoms with Crippen molar-refractivity contribution < 1.29 is 17.9 Å². The van der Waals surface area contributed by atoms with E-state index in [1.807, 2.05) is 12.1 Å². The standard InChI is InChI=1S/C19H23NO4S/c1-3-4-5-8-15-11-13-16(14-12-15)25(22,23)20-18-10-7-6-9-17(18)19(21)24-2/h6-7,9-14,20H,3-5,8H2,1-2H3. The van der Waals surface area contributed by atoms with E-state index in [0.29, 0.717) is 0 Å². The number of methoxy groups -OCH3 is 1. The van der Waals surface area contributed by atoms with Gasteiger partial charge in [0.2, 0.25) is 0 Å². The van der Waals surface area contributed by atoms with Gasteiger partial charge in [0.05, 0.1) is 23.3 Å². The zero-order valence-corrected chi connectivity index (χ0v) is 15.3. The molecule has 1 N–H and O–H groups in total. The van der Waals surface area contributed by atoms with Crippen molar-refractivity contribution >= 4 is 21.7 Å². The molecule has 0 aliphatic rings. The van der Waals surface area contributed by atoms with E-state index in [4.69, 9.17) is 0 Å². The molecule has 2 aromatic rings. The third-order valence-corrected chi connectivity index (χ3v) is 5.26. The van der Waals surface area contributed by atoms with Crippen LogP contribution in [0.15, 0.2) is 53.4 Å². The van der Waals surface area contributed by atoms with Gasteiger partial charge in [0, 0.05) is 0 Å². The highest BCUT2D eigenvalue weighted by atomic mass is 32.2. The molecule has 0 aliphatic heterocycles. The Labute approximate surface area is 149 Å². The van der Waals surface area contributed by atoms with Crippen LogP contribution < -0.4 is 4.72 Å². The molecule has 0 saturated heterocycles. The predicted octanol–water partition coefficient (Wildman–Crippen LogP) is 4.01. The Morgan fingerprint density at radius 3 is 2.36 bits per heavy atom. The minimum absolute atomic E-state index is 0.159. The summed E-state index contributed by atoms with van der Waals surface area (Å²) in [6.45, 7) is 2.15. The lowest BCUT2D eigenvalue weighted by Gasteiger charge is -2.12. The van der Waals surface area contributed by atoms with E-state index >= 15 is 0 Å². The van der Waals surface area contributed by atoms with E-state index in [2.05, 4.69) is 16.4 Å². The van der Waals surface area contributed by atoms with E-state index < -0.39 is 16.0 Å². The van der Waals surface area contributed by atoms with Crippen LogP contribution in [0.2, 0.25) is 0 Å². The topological polar surface area (TPSA) is 72.5 Å². The first-order valence-electron chi connectivity index (χ1n) is 8.27. The zero-order chi connectivity index (χ0) is 18.3. The Morgan fingerprint density at radius 1 is 1.04 bits per heavy atom. The summed E-state index contributed by atoms with van der Waals surface area (Å²) in [6, 6.07) is 13.2. The van der Waals surface area contributed by atoms with Gasteiger partial charge in [-0.25, -0.2) is 13.2 Å². The van der Waals surface area contributed by atoms with Crippen molar-refractivity contribution in [2.45, 2.75) is 37.5 Å². The molecule has 0 aromatic heterocycles. The van der Waals surface area contributed by atoms with Crippen molar-refractivity contribution in [3.63, 3.8) is 0 Å². The fourth-order valence-electron chi connectivity index (χ4n) is 2.48. The molecule has 0 atom stereocenters. The number of ether oxygens (including phenoxy) is 1. The minimum atomic E-state index is -3.78. The highest BCUT2D eigenvalue weighted by Gasteiger charge is 2.18. The number of unbranched alkanes of at least 4 members (excludes halogenated alkanes) is 2. The van der Waals surface area contributed by atoms with E-state index in [-0.39, 0.29) is 16.1 Å². The fourth-order valence-corrected chi connectivity index (χ4v) is 3.56. The van der Waals surface area contributed by atoms with Crippen LogP contribution in [0.4, 0.5) is 5.69 Å². The number of hydrogen-bond acceptors (Lipinski definition) is 4. The first-order chi connectivity index (χ1) is 12.0. The number of rotatable bonds is 8. The Kier molecular flexibility index (Phi) is 6.58. The number of sulfonamides is 1. The van der Waals surface area contributed by atoms with Crippen LogP contribution in [0, 0.1) is 0 Å². The first kappa shape index (κ1) is 19.0. The molecule has 2 rings (SSSR count). The summed E-state index contributed by atoms with van der Waals surface area (Å²) in [7, 11) is -2.52. The molecule has 0 spiro atoms. The summed E-state index contributed by atoms with van der Waals surface area (Å²) in [5.41, 5.74) is 1.48. The van der Waals surface area contributed by atoms with Crippen molar-refractivity contribution in [3.05, 3.63) is 59.7 Å². The summed E-state index contributed by atoms with van der Waals surface area (Å²) in [5, 5.41) is 0. The number of benzene rings is 2. The summed E-state index contributed by atoms with van der Waals surface area (Å²) < 4.78 is 32.3. The molecular formula is C19H23NO4S. The highest BCUT2D eigenvalue weighted by molar-refractivity contribution is 7.92. The Balaban J connectivity index is 2.18. The average Bonchev–Trinajstić information content (AvgIpc) is 2.62. The minimum Gasteiger partial charge on any atom is -0.465 e. The van der Waals surface area contributed by atoms with Gasteiger partial charge in [-0.1, -0.05) is 44.0 Å². The molecule has 0 unspecified atom stereocenters. The van der Waals surface area contributed by atoms with Gasteiger partial charge in [0.15, 0.2) is 0 Å². The van der Waals surface area contributed by atoms with Crippen molar-refractivity contribution in [3.8, 4) is 0 Å². The molecule has 6 heteroatoms. The molecule has 0 amide bonds. The fraction of sp³-hybridized carbons (Fsp3) is 0.316. The van der Waals surface area contributed by atoms with Crippen molar-refractivity contribution in [1.82, 2.24) is 0 Å². The number of carbonyl (C=O) groups excluding carboxylic acids is 1. The van der Waals surface area contributed by atoms with Crippen LogP contribution in [0.3, 0.4) is 0 Å². The number of esters is 1. The normalized spacial score (nSPS) is 11.1. The van der Waals surface area contributed by atoms with Gasteiger partial charge < -0.3 is 4.74 Å². The Morgan fingerprint density at radius 2 is 1.72 bits per heavy atom. The molecule has 0 saturated carbocycles. The summed E-state index contributed by atoms with van der Waals surface area (Å²) in [4.78, 5) is 11.9. The second-order valence-corrected chi connectivity index (χ2v) is 7.43. The van der Waals surface area contributed by atoms with Gasteiger partial charge in [-0.3, -0.25) is 4.72 Å². The number of hydrogen-bond donors (Lipinski definition) is 1. The van der Waals surface area contributed by atoms with Crippen molar-refractivity contribution in [1.29, 1.82) is 0 Å². The van der Waals surface area contributed by atoms with Crippen LogP contribution >= 0.6 is 0 Å². The van der Waals surface area contributed by atoms with Crippen molar-refractivity contribution in [2.24, 2.45) is 0 Å². The Hall–Kier alpha value is -2.34. The Bertz CT molecular complexity index is 814. The lowest BCUT2D eigenvalue weighted by atomic mass is 10.1. The monoisotopic (exact) mass is 361 g/mol. The van der Waals surface area contributed by atoms with Crippen LogP contribution in [-0.4, -0.2) is 21.5 Å². The van der Waals surface area contributed by atoms with E-state index in [0.717, 1.165) is 31.2 Å². The molecule has 2 aromatic carbocycles. The number of aryl methyl sites for hydroxylation is 1. The largest absolute Gasteiger partial charge is 0.465 e. The zero-order valence-electron chi connectivity index (χ0n) is 14.5. The molecule has 0 radical (unpaired) electrons. The summed E-state index contributed by atoms with van der Waals surface area (Å²) in [6.07, 6.45) is 4.34. The van der Waals surface area contributed by atoms with Gasteiger partial charge in [-0.05, 0) is 42.7 Å². The summed E-state index contributed by atoms with van der Waals surface area (Å²) in [5.74, 6) is -0.593. The van der Waals surface area contributed by atoms with E-state index in [1.165, 1.54) is 19.2 Å². The van der Waals surface area contributed by atoms with Crippen LogP contribution in [0.5, 0.6) is 0 Å². The van der Waals surface area contributed by atoms with Crippen LogP contribution in [0.25, 0.3) is 0 Å². The molecule has 0 aliphatic carbocycles. The number of anilines is 1. The first-order valence-corrected chi connectivity index (χ1v) is 9.75. The smallest absolute Gasteiger partial charge is 0.339 e. The highest BCUT2D eigenvalue weighted by Crippen LogP contribution is 2.21. The van der Waals surface area contributed by atoms with Crippen LogP contribution in [-0.2, 0) is 21.2 Å². The second-order valence-electron chi connectivity index (χ2n) is 5.74. The SMILES string of the molecule is CCCCCc1ccc(S(=O)(=O)Nc2ccccc2C(=O)OC)cc1. The molecule has 0 heterocycles. The number of nitrogens with one attached hydrogen (secondary N) is 1. The van der Waals surface area contributed by atoms with Gasteiger partial charge in [0.25, 0.3) is 10.0 Å². The van der Waals surface area contributed by atoms with E-state index in [1.54, 1.807) is 24.3 Å². The predicted molar refractivity (Wildman–Crippen MR) is 98.3 cm³/mol. The third-order valence-electron chi connectivity index (χ3n) is 3.88. The number of carbonyl (C=O) groups is 1. The van der Waals surface area contributed by atoms with Gasteiger partial charge in [-0.2, -0.15) is 0 Å². The number of para-hydroxylation sites is 1. The lowest BCUT2D eigenvalue weighted by molar-refractivity contribution is 0.0602. The van der Waals surface area contributed by atoms with Crippen molar-refractivity contribution in [2.75, 3.05) is 11.8 Å². The van der Waals surface area contributed by atoms with E-state index in [9.17, 15) is 13.2 Å². The molecule has 134 valence electrons. The quantitative estimate of drug-likeness (QED) is 0.570. The van der Waals surface area contributed by atoms with Gasteiger partial charge >= 0.3 is 5.97 Å². The van der Waals surface area contributed by atoms with Gasteiger partial charge in [0.1, 0.15) is 0 Å². The third kappa shape index (κ3) is 5.06. The maximum absolute atomic E-state index is 12.6. The molecular weight excluding hydrogens is 338 g/mol. The summed E-state index contributed by atoms with van der Waals surface area (Å²) >= 11 is 0. The van der Waals surface area contributed by atoms with Gasteiger partial charge in [-0.15, -0.1) is 0 Å². The maximum atomic E-state index is 12.6. The van der Waals surface area contributed by atoms with Crippen LogP contribution in [0.1, 0.15) is 42.1 Å². The molecule has 25 heavy (non-hydrogen) atoms. The second kappa shape index (κ2) is 8.67. The lowest BCUT2D eigenvalue weighted by Crippen LogP contribution is -2.16. The average molecular weight is 361 g/mol. The molecule has 5 nitrogen and oxygen atoms in total. The molecule has 0 fully saturated rings. The molecule has 0 bridgehead atoms.